The maximum Gasteiger partial charge on any atom is 0.408 e. The van der Waals surface area contributed by atoms with Crippen LogP contribution in [0.15, 0.2) is 28.6 Å². The summed E-state index contributed by atoms with van der Waals surface area (Å²) in [5.41, 5.74) is -0.969. The summed E-state index contributed by atoms with van der Waals surface area (Å²) >= 11 is 1.07. The normalized spacial score (nSPS) is 13.7. The number of hydrogen-bond donors (Lipinski definition) is 1. The van der Waals surface area contributed by atoms with Crippen LogP contribution in [-0.4, -0.2) is 48.5 Å². The van der Waals surface area contributed by atoms with Gasteiger partial charge in [-0.3, -0.25) is 0 Å². The molecule has 1 atom stereocenters. The van der Waals surface area contributed by atoms with Crippen LogP contribution in [0.5, 0.6) is 0 Å². The van der Waals surface area contributed by atoms with E-state index in [-0.39, 0.29) is 16.5 Å². The molecule has 0 bridgehead atoms. The Morgan fingerprint density at radius 2 is 1.67 bits per heavy atom. The molecule has 2 aromatic rings. The van der Waals surface area contributed by atoms with Gasteiger partial charge in [-0.1, -0.05) is 12.1 Å². The monoisotopic (exact) mass is 456 g/mol. The third kappa shape index (κ3) is 7.24. The Kier molecular flexibility index (Phi) is 7.13. The zero-order chi connectivity index (χ0) is 22.7. The van der Waals surface area contributed by atoms with E-state index in [0.717, 1.165) is 16.0 Å². The van der Waals surface area contributed by atoms with Crippen LogP contribution in [0.25, 0.3) is 10.2 Å². The van der Waals surface area contributed by atoms with Gasteiger partial charge in [0.05, 0.1) is 16.0 Å². The van der Waals surface area contributed by atoms with Crippen LogP contribution >= 0.6 is 11.3 Å². The number of nitrogens with zero attached hydrogens (tertiary/aromatic N) is 1. The van der Waals surface area contributed by atoms with Crippen molar-refractivity contribution in [2.24, 2.45) is 0 Å². The van der Waals surface area contributed by atoms with Gasteiger partial charge in [0, 0.05) is 0 Å². The fourth-order valence-corrected chi connectivity index (χ4v) is 5.10. The summed E-state index contributed by atoms with van der Waals surface area (Å²) in [6.45, 7) is 10.1. The Morgan fingerprint density at radius 3 is 2.23 bits per heavy atom. The highest BCUT2D eigenvalue weighted by Crippen LogP contribution is 2.26. The van der Waals surface area contributed by atoms with Crippen molar-refractivity contribution in [3.05, 3.63) is 24.3 Å². The highest BCUT2D eigenvalue weighted by molar-refractivity contribution is 7.93. The number of esters is 1. The predicted molar refractivity (Wildman–Crippen MR) is 115 cm³/mol. The van der Waals surface area contributed by atoms with Gasteiger partial charge >= 0.3 is 12.1 Å². The van der Waals surface area contributed by atoms with E-state index in [1.807, 2.05) is 0 Å². The Labute approximate surface area is 180 Å². The van der Waals surface area contributed by atoms with E-state index in [9.17, 15) is 18.0 Å². The van der Waals surface area contributed by atoms with Gasteiger partial charge in [0.2, 0.25) is 14.2 Å². The van der Waals surface area contributed by atoms with E-state index in [1.165, 1.54) is 0 Å². The molecule has 0 unspecified atom stereocenters. The summed E-state index contributed by atoms with van der Waals surface area (Å²) < 4.78 is 36.8. The van der Waals surface area contributed by atoms with Crippen LogP contribution in [-0.2, 0) is 24.1 Å². The summed E-state index contributed by atoms with van der Waals surface area (Å²) in [7, 11) is -3.76. The number of para-hydroxylation sites is 1. The van der Waals surface area contributed by atoms with Crippen molar-refractivity contribution in [2.75, 3.05) is 5.75 Å². The molecule has 0 aliphatic heterocycles. The van der Waals surface area contributed by atoms with Crippen molar-refractivity contribution in [1.29, 1.82) is 0 Å². The lowest BCUT2D eigenvalue weighted by molar-refractivity contribution is -0.157. The molecule has 1 N–H and O–H groups in total. The van der Waals surface area contributed by atoms with Crippen molar-refractivity contribution >= 4 is 43.5 Å². The molecule has 8 nitrogen and oxygen atoms in total. The van der Waals surface area contributed by atoms with E-state index in [1.54, 1.807) is 65.8 Å². The molecule has 0 aliphatic rings. The molecule has 10 heteroatoms. The maximum absolute atomic E-state index is 12.8. The molecule has 0 fully saturated rings. The Hall–Kier alpha value is -2.20. The van der Waals surface area contributed by atoms with Gasteiger partial charge in [0.15, 0.2) is 0 Å². The number of hydrogen-bond acceptors (Lipinski definition) is 8. The number of carbonyl (C=O) groups excluding carboxylic acids is 2. The second-order valence-electron chi connectivity index (χ2n) is 8.79. The van der Waals surface area contributed by atoms with Crippen LogP contribution in [0.2, 0.25) is 0 Å². The van der Waals surface area contributed by atoms with Crippen LogP contribution in [0.4, 0.5) is 4.79 Å². The lowest BCUT2D eigenvalue weighted by atomic mass is 10.1. The van der Waals surface area contributed by atoms with Crippen molar-refractivity contribution in [1.82, 2.24) is 10.3 Å². The van der Waals surface area contributed by atoms with Gasteiger partial charge in [-0.05, 0) is 60.1 Å². The standard InChI is InChI=1S/C20H28N2O6S2/c1-19(2,3)27-16(23)14(21-17(24)28-20(4,5)6)11-12-30(25,26)18-22-13-9-7-8-10-15(13)29-18/h7-10,14H,11-12H2,1-6H3,(H,21,24)/t14-/m0/s1. The molecule has 2 rings (SSSR count). The second-order valence-corrected chi connectivity index (χ2v) is 12.1. The van der Waals surface area contributed by atoms with Crippen molar-refractivity contribution in [3.63, 3.8) is 0 Å². The van der Waals surface area contributed by atoms with Gasteiger partial charge in [-0.25, -0.2) is 23.0 Å². The van der Waals surface area contributed by atoms with Crippen molar-refractivity contribution in [3.8, 4) is 0 Å². The fraction of sp³-hybridized carbons (Fsp3) is 0.550. The number of nitrogens with one attached hydrogen (secondary N) is 1. The van der Waals surface area contributed by atoms with Gasteiger partial charge in [-0.2, -0.15) is 0 Å². The molecule has 1 aromatic heterocycles. The molecule has 0 spiro atoms. The first kappa shape index (κ1) is 24.1. The number of alkyl carbamates (subject to hydrolysis) is 1. The number of aromatic nitrogens is 1. The highest BCUT2D eigenvalue weighted by Gasteiger charge is 2.31. The zero-order valence-electron chi connectivity index (χ0n) is 18.0. The summed E-state index contributed by atoms with van der Waals surface area (Å²) in [5, 5.41) is 2.43. The smallest absolute Gasteiger partial charge is 0.408 e. The molecule has 1 amide bonds. The number of benzene rings is 1. The SMILES string of the molecule is CC(C)(C)OC(=O)N[C@@H](CCS(=O)(=O)c1nc2ccccc2s1)C(=O)OC(C)(C)C. The Morgan fingerprint density at radius 1 is 1.07 bits per heavy atom. The first-order chi connectivity index (χ1) is 13.7. The molecule has 0 saturated heterocycles. The molecular formula is C20H28N2O6S2. The summed E-state index contributed by atoms with van der Waals surface area (Å²) in [5.74, 6) is -1.11. The maximum atomic E-state index is 12.8. The molecule has 0 radical (unpaired) electrons. The topological polar surface area (TPSA) is 112 Å². The third-order valence-electron chi connectivity index (χ3n) is 3.60. The Balaban J connectivity index is 2.17. The summed E-state index contributed by atoms with van der Waals surface area (Å²) in [4.78, 5) is 28.9. The molecule has 0 saturated carbocycles. The molecule has 166 valence electrons. The predicted octanol–water partition coefficient (Wildman–Crippen LogP) is 3.70. The molecular weight excluding hydrogens is 428 g/mol. The average Bonchev–Trinajstić information content (AvgIpc) is 3.00. The number of sulfone groups is 1. The third-order valence-corrected chi connectivity index (χ3v) is 6.84. The molecule has 0 aliphatic carbocycles. The van der Waals surface area contributed by atoms with Gasteiger partial charge in [-0.15, -0.1) is 11.3 Å². The molecule has 1 aromatic carbocycles. The van der Waals surface area contributed by atoms with Gasteiger partial charge in [0.25, 0.3) is 0 Å². The van der Waals surface area contributed by atoms with E-state index < -0.39 is 39.1 Å². The van der Waals surface area contributed by atoms with E-state index in [0.29, 0.717) is 5.52 Å². The number of fused-ring (bicyclic) bond motifs is 1. The quantitative estimate of drug-likeness (QED) is 0.660. The number of rotatable bonds is 6. The van der Waals surface area contributed by atoms with Crippen molar-refractivity contribution in [2.45, 2.75) is 69.5 Å². The highest BCUT2D eigenvalue weighted by atomic mass is 32.2. The van der Waals surface area contributed by atoms with E-state index in [4.69, 9.17) is 9.47 Å². The lowest BCUT2D eigenvalue weighted by Gasteiger charge is -2.26. The minimum atomic E-state index is -3.76. The van der Waals surface area contributed by atoms with E-state index >= 15 is 0 Å². The van der Waals surface area contributed by atoms with Crippen LogP contribution in [0.1, 0.15) is 48.0 Å². The Bertz CT molecular complexity index is 983. The van der Waals surface area contributed by atoms with Crippen LogP contribution < -0.4 is 5.32 Å². The van der Waals surface area contributed by atoms with Crippen molar-refractivity contribution < 1.29 is 27.5 Å². The summed E-state index contributed by atoms with van der Waals surface area (Å²) in [6, 6.07) is 5.93. The largest absolute Gasteiger partial charge is 0.458 e. The minimum Gasteiger partial charge on any atom is -0.458 e. The van der Waals surface area contributed by atoms with Crippen LogP contribution in [0.3, 0.4) is 0 Å². The number of amides is 1. The van der Waals surface area contributed by atoms with Gasteiger partial charge in [0.1, 0.15) is 17.2 Å². The number of thiazole rings is 1. The van der Waals surface area contributed by atoms with E-state index in [2.05, 4.69) is 10.3 Å². The lowest BCUT2D eigenvalue weighted by Crippen LogP contribution is -2.46. The fourth-order valence-electron chi connectivity index (χ4n) is 2.42. The zero-order valence-corrected chi connectivity index (χ0v) is 19.6. The number of carbonyl (C=O) groups is 2. The van der Waals surface area contributed by atoms with Crippen LogP contribution in [0, 0.1) is 0 Å². The summed E-state index contributed by atoms with van der Waals surface area (Å²) in [6.07, 6.45) is -0.998. The first-order valence-corrected chi connectivity index (χ1v) is 11.9. The number of ether oxygens (including phenoxy) is 2. The average molecular weight is 457 g/mol. The second kappa shape index (κ2) is 8.89. The van der Waals surface area contributed by atoms with Gasteiger partial charge < -0.3 is 14.8 Å². The molecule has 30 heavy (non-hydrogen) atoms. The first-order valence-electron chi connectivity index (χ1n) is 9.47. The molecule has 1 heterocycles. The minimum absolute atomic E-state index is 0.0242.